The van der Waals surface area contributed by atoms with Gasteiger partial charge in [0.2, 0.25) is 0 Å². The molecule has 3 heterocycles. The molecule has 154 valence electrons. The maximum atomic E-state index is 13.3. The van der Waals surface area contributed by atoms with Crippen LogP contribution < -0.4 is 0 Å². The van der Waals surface area contributed by atoms with Crippen LogP contribution in [0, 0.1) is 19.7 Å². The molecule has 2 aliphatic heterocycles. The average molecular weight is 404 g/mol. The monoisotopic (exact) mass is 403 g/mol. The molecule has 1 amide bonds. The summed E-state index contributed by atoms with van der Waals surface area (Å²) in [6.45, 7) is 4.01. The van der Waals surface area contributed by atoms with Gasteiger partial charge in [-0.1, -0.05) is 12.1 Å². The van der Waals surface area contributed by atoms with E-state index in [1.165, 1.54) is 5.56 Å². The molecule has 1 aromatic heterocycles. The minimum atomic E-state index is -0.196. The summed E-state index contributed by atoms with van der Waals surface area (Å²) in [4.78, 5) is 15.4. The number of rotatable bonds is 3. The molecular weight excluding hydrogens is 377 g/mol. The average Bonchev–Trinajstić information content (AvgIpc) is 3.22. The third-order valence-corrected chi connectivity index (χ3v) is 6.68. The Balaban J connectivity index is 1.33. The largest absolute Gasteiger partial charge is 0.333 e. The van der Waals surface area contributed by atoms with Crippen molar-refractivity contribution in [2.45, 2.75) is 57.5 Å². The number of fused-ring (bicyclic) bond motifs is 2. The number of benzene rings is 2. The molecule has 2 bridgehead atoms. The van der Waals surface area contributed by atoms with Gasteiger partial charge in [-0.2, -0.15) is 5.10 Å². The minimum Gasteiger partial charge on any atom is -0.333 e. The van der Waals surface area contributed by atoms with E-state index in [4.69, 9.17) is 0 Å². The normalized spacial score (nSPS) is 23.0. The van der Waals surface area contributed by atoms with Crippen molar-refractivity contribution in [2.24, 2.45) is 0 Å². The molecule has 0 saturated carbocycles. The van der Waals surface area contributed by atoms with Crippen LogP contribution in [0.5, 0.6) is 0 Å². The summed E-state index contributed by atoms with van der Waals surface area (Å²) in [5.74, 6) is 0.332. The van der Waals surface area contributed by atoms with E-state index >= 15 is 0 Å². The number of hydrogen-bond donors (Lipinski definition) is 0. The number of piperidine rings is 1. The van der Waals surface area contributed by atoms with Gasteiger partial charge in [0.15, 0.2) is 0 Å². The van der Waals surface area contributed by atoms with Crippen LogP contribution >= 0.6 is 0 Å². The second-order valence-corrected chi connectivity index (χ2v) is 8.70. The van der Waals surface area contributed by atoms with Crippen LogP contribution in [0.2, 0.25) is 0 Å². The van der Waals surface area contributed by atoms with Gasteiger partial charge in [-0.15, -0.1) is 0 Å². The first-order valence-corrected chi connectivity index (χ1v) is 10.7. The highest BCUT2D eigenvalue weighted by Gasteiger charge is 2.43. The van der Waals surface area contributed by atoms with E-state index in [1.54, 1.807) is 12.1 Å². The van der Waals surface area contributed by atoms with Crippen molar-refractivity contribution in [1.29, 1.82) is 0 Å². The summed E-state index contributed by atoms with van der Waals surface area (Å²) in [7, 11) is 0. The molecule has 0 N–H and O–H groups in total. The number of halogens is 1. The molecule has 2 aliphatic rings. The zero-order valence-electron chi connectivity index (χ0n) is 17.4. The summed E-state index contributed by atoms with van der Waals surface area (Å²) in [6.07, 6.45) is 4.02. The fraction of sp³-hybridized carbons (Fsp3) is 0.360. The third-order valence-electron chi connectivity index (χ3n) is 6.68. The molecule has 0 radical (unpaired) electrons. The Morgan fingerprint density at radius 3 is 2.17 bits per heavy atom. The van der Waals surface area contributed by atoms with Crippen LogP contribution in [0.25, 0.3) is 5.69 Å². The highest BCUT2D eigenvalue weighted by Crippen LogP contribution is 2.43. The number of nitrogens with zero attached hydrogens (tertiary/aromatic N) is 3. The van der Waals surface area contributed by atoms with Gasteiger partial charge < -0.3 is 4.90 Å². The van der Waals surface area contributed by atoms with E-state index in [0.29, 0.717) is 5.92 Å². The van der Waals surface area contributed by atoms with Crippen molar-refractivity contribution in [1.82, 2.24) is 14.7 Å². The summed E-state index contributed by atoms with van der Waals surface area (Å²) in [6, 6.07) is 17.2. The third kappa shape index (κ3) is 3.32. The molecule has 2 saturated heterocycles. The molecule has 0 aliphatic carbocycles. The van der Waals surface area contributed by atoms with E-state index in [0.717, 1.165) is 48.3 Å². The smallest absolute Gasteiger partial charge is 0.254 e. The van der Waals surface area contributed by atoms with Gasteiger partial charge >= 0.3 is 0 Å². The molecule has 2 fully saturated rings. The van der Waals surface area contributed by atoms with E-state index in [2.05, 4.69) is 10.00 Å². The first kappa shape index (κ1) is 19.0. The predicted molar refractivity (Wildman–Crippen MR) is 114 cm³/mol. The maximum Gasteiger partial charge on any atom is 0.254 e. The number of carbonyl (C=O) groups is 1. The molecule has 0 spiro atoms. The van der Waals surface area contributed by atoms with Crippen LogP contribution in [0.3, 0.4) is 0 Å². The Hall–Kier alpha value is -2.95. The first-order valence-electron chi connectivity index (χ1n) is 10.7. The molecular formula is C25H26FN3O. The van der Waals surface area contributed by atoms with Crippen molar-refractivity contribution in [3.63, 3.8) is 0 Å². The lowest BCUT2D eigenvalue weighted by Crippen LogP contribution is -2.46. The van der Waals surface area contributed by atoms with E-state index in [9.17, 15) is 9.18 Å². The Morgan fingerprint density at radius 2 is 1.60 bits per heavy atom. The van der Waals surface area contributed by atoms with E-state index in [1.807, 2.05) is 61.0 Å². The summed E-state index contributed by atoms with van der Waals surface area (Å²) in [5, 5.41) is 4.52. The predicted octanol–water partition coefficient (Wildman–Crippen LogP) is 5.18. The maximum absolute atomic E-state index is 13.3. The van der Waals surface area contributed by atoms with Crippen molar-refractivity contribution >= 4 is 5.91 Å². The Bertz CT molecular complexity index is 1060. The van der Waals surface area contributed by atoms with Crippen molar-refractivity contribution in [3.8, 4) is 5.69 Å². The molecule has 5 rings (SSSR count). The van der Waals surface area contributed by atoms with Crippen LogP contribution in [0.1, 0.15) is 58.9 Å². The van der Waals surface area contributed by atoms with Gasteiger partial charge in [0.25, 0.3) is 5.91 Å². The van der Waals surface area contributed by atoms with Crippen LogP contribution in [0.15, 0.2) is 54.6 Å². The Morgan fingerprint density at radius 1 is 0.967 bits per heavy atom. The molecule has 30 heavy (non-hydrogen) atoms. The van der Waals surface area contributed by atoms with Crippen molar-refractivity contribution in [2.75, 3.05) is 0 Å². The fourth-order valence-corrected chi connectivity index (χ4v) is 5.30. The van der Waals surface area contributed by atoms with Crippen molar-refractivity contribution < 1.29 is 9.18 Å². The first-order chi connectivity index (χ1) is 14.5. The number of hydrogen-bond acceptors (Lipinski definition) is 2. The van der Waals surface area contributed by atoms with Crippen LogP contribution in [-0.2, 0) is 0 Å². The lowest BCUT2D eigenvalue weighted by atomic mass is 9.85. The quantitative estimate of drug-likeness (QED) is 0.604. The second kappa shape index (κ2) is 7.38. The zero-order valence-corrected chi connectivity index (χ0v) is 17.4. The van der Waals surface area contributed by atoms with E-state index in [-0.39, 0.29) is 23.8 Å². The van der Waals surface area contributed by atoms with Gasteiger partial charge in [-0.3, -0.25) is 4.79 Å². The summed E-state index contributed by atoms with van der Waals surface area (Å²) < 4.78 is 15.2. The topological polar surface area (TPSA) is 38.1 Å². The lowest BCUT2D eigenvalue weighted by molar-refractivity contribution is 0.0571. The van der Waals surface area contributed by atoms with Crippen molar-refractivity contribution in [3.05, 3.63) is 82.9 Å². The molecule has 0 unspecified atom stereocenters. The summed E-state index contributed by atoms with van der Waals surface area (Å²) >= 11 is 0. The molecule has 5 heteroatoms. The zero-order chi connectivity index (χ0) is 20.8. The number of aromatic nitrogens is 2. The number of aryl methyl sites for hydroxylation is 2. The van der Waals surface area contributed by atoms with Gasteiger partial charge in [0, 0.05) is 23.3 Å². The standard InChI is InChI=1S/C25H26FN3O/c1-16-13-17(2)29(27-16)22-9-5-19(6-10-22)25(30)28-23-11-12-24(28)15-20(14-23)18-3-7-21(26)8-4-18/h3-10,13,20,23-24H,11-12,14-15H2,1-2H3/t23-,24-/m1/s1. The fourth-order valence-electron chi connectivity index (χ4n) is 5.30. The van der Waals surface area contributed by atoms with Gasteiger partial charge in [-0.25, -0.2) is 9.07 Å². The number of carbonyl (C=O) groups excluding carboxylic acids is 1. The Labute approximate surface area is 176 Å². The molecule has 2 atom stereocenters. The Kier molecular flexibility index (Phi) is 4.69. The second-order valence-electron chi connectivity index (χ2n) is 8.70. The highest BCUT2D eigenvalue weighted by molar-refractivity contribution is 5.95. The van der Waals surface area contributed by atoms with Crippen LogP contribution in [-0.4, -0.2) is 32.7 Å². The van der Waals surface area contributed by atoms with E-state index < -0.39 is 0 Å². The molecule has 2 aromatic carbocycles. The molecule has 3 aromatic rings. The molecule has 4 nitrogen and oxygen atoms in total. The van der Waals surface area contributed by atoms with Crippen LogP contribution in [0.4, 0.5) is 4.39 Å². The van der Waals surface area contributed by atoms with Gasteiger partial charge in [-0.05, 0) is 93.5 Å². The van der Waals surface area contributed by atoms with Gasteiger partial charge in [0.05, 0.1) is 11.4 Å². The lowest BCUT2D eigenvalue weighted by Gasteiger charge is -2.39. The SMILES string of the molecule is Cc1cc(C)n(-c2ccc(C(=O)N3[C@@H]4CC[C@@H]3CC(c3ccc(F)cc3)C4)cc2)n1. The number of amides is 1. The highest BCUT2D eigenvalue weighted by atomic mass is 19.1. The minimum absolute atomic E-state index is 0.125. The summed E-state index contributed by atoms with van der Waals surface area (Å²) in [5.41, 5.74) is 4.95. The van der Waals surface area contributed by atoms with Gasteiger partial charge in [0.1, 0.15) is 5.82 Å².